The van der Waals surface area contributed by atoms with E-state index < -0.39 is 6.23 Å². The summed E-state index contributed by atoms with van der Waals surface area (Å²) in [6, 6.07) is 13.1. The van der Waals surface area contributed by atoms with Crippen LogP contribution in [0.2, 0.25) is 5.02 Å². The first kappa shape index (κ1) is 17.3. The number of H-pyrrole nitrogens is 1. The number of aromatic nitrogens is 5. The van der Waals surface area contributed by atoms with E-state index in [1.165, 1.54) is 0 Å². The van der Waals surface area contributed by atoms with Gasteiger partial charge in [-0.1, -0.05) is 29.8 Å². The molecule has 0 saturated carbocycles. The van der Waals surface area contributed by atoms with E-state index in [1.807, 2.05) is 48.7 Å². The van der Waals surface area contributed by atoms with Crippen LogP contribution in [0.15, 0.2) is 61.1 Å². The zero-order valence-corrected chi connectivity index (χ0v) is 15.2. The van der Waals surface area contributed by atoms with Gasteiger partial charge in [0.05, 0.1) is 16.4 Å². The zero-order valence-electron chi connectivity index (χ0n) is 14.5. The Morgan fingerprint density at radius 3 is 2.74 bits per heavy atom. The van der Waals surface area contributed by atoms with E-state index in [-0.39, 0.29) is 0 Å². The topological polar surface area (TPSA) is 91.7 Å². The maximum absolute atomic E-state index is 9.52. The monoisotopic (exact) mass is 380 g/mol. The van der Waals surface area contributed by atoms with E-state index in [0.717, 1.165) is 28.2 Å². The lowest BCUT2D eigenvalue weighted by atomic mass is 10.1. The Hall–Kier alpha value is -3.16. The summed E-state index contributed by atoms with van der Waals surface area (Å²) in [5.41, 5.74) is 4.09. The summed E-state index contributed by atoms with van der Waals surface area (Å²) in [5.74, 6) is 0.556. The van der Waals surface area contributed by atoms with E-state index in [1.54, 1.807) is 24.0 Å². The molecule has 1 aromatic carbocycles. The van der Waals surface area contributed by atoms with Crippen molar-refractivity contribution in [3.05, 3.63) is 66.1 Å². The van der Waals surface area contributed by atoms with Gasteiger partial charge in [0, 0.05) is 35.8 Å². The molecule has 3 heterocycles. The van der Waals surface area contributed by atoms with Gasteiger partial charge in [0.2, 0.25) is 0 Å². The SMILES string of the molecule is CC(O)Nc1cc(-n2cc(-c3ccn[nH]3)c(-c3ccccc3Cl)n2)ccn1. The molecule has 8 heteroatoms. The fourth-order valence-electron chi connectivity index (χ4n) is 2.82. The summed E-state index contributed by atoms with van der Waals surface area (Å²) in [5, 5.41) is 24.8. The van der Waals surface area contributed by atoms with E-state index in [9.17, 15) is 5.11 Å². The Morgan fingerprint density at radius 1 is 1.15 bits per heavy atom. The van der Waals surface area contributed by atoms with Gasteiger partial charge < -0.3 is 10.4 Å². The quantitative estimate of drug-likeness (QED) is 0.459. The van der Waals surface area contributed by atoms with Crippen molar-refractivity contribution in [2.75, 3.05) is 5.32 Å². The van der Waals surface area contributed by atoms with Crippen molar-refractivity contribution in [1.29, 1.82) is 0 Å². The number of rotatable bonds is 5. The second-order valence-corrected chi connectivity index (χ2v) is 6.41. The number of pyridine rings is 1. The molecule has 0 fully saturated rings. The van der Waals surface area contributed by atoms with Crippen LogP contribution in [-0.4, -0.2) is 36.3 Å². The Kier molecular flexibility index (Phi) is 4.62. The number of hydrogen-bond donors (Lipinski definition) is 3. The van der Waals surface area contributed by atoms with Gasteiger partial charge in [0.1, 0.15) is 17.7 Å². The number of benzene rings is 1. The number of aromatic amines is 1. The van der Waals surface area contributed by atoms with E-state index >= 15 is 0 Å². The van der Waals surface area contributed by atoms with Crippen LogP contribution in [0.5, 0.6) is 0 Å². The van der Waals surface area contributed by atoms with Gasteiger partial charge in [-0.15, -0.1) is 0 Å². The second-order valence-electron chi connectivity index (χ2n) is 6.01. The van der Waals surface area contributed by atoms with E-state index in [2.05, 4.69) is 20.5 Å². The summed E-state index contributed by atoms with van der Waals surface area (Å²) >= 11 is 6.41. The molecule has 0 aliphatic carbocycles. The third kappa shape index (κ3) is 3.55. The number of nitrogens with zero attached hydrogens (tertiary/aromatic N) is 4. The number of nitrogens with one attached hydrogen (secondary N) is 2. The Morgan fingerprint density at radius 2 is 2.00 bits per heavy atom. The van der Waals surface area contributed by atoms with Crippen molar-refractivity contribution >= 4 is 17.4 Å². The van der Waals surface area contributed by atoms with Crippen molar-refractivity contribution in [2.45, 2.75) is 13.2 Å². The number of halogens is 1. The van der Waals surface area contributed by atoms with Crippen LogP contribution in [0, 0.1) is 0 Å². The fraction of sp³-hybridized carbons (Fsp3) is 0.105. The lowest BCUT2D eigenvalue weighted by Gasteiger charge is -2.09. The molecule has 3 N–H and O–H groups in total. The van der Waals surface area contributed by atoms with Crippen LogP contribution in [-0.2, 0) is 0 Å². The van der Waals surface area contributed by atoms with Gasteiger partial charge >= 0.3 is 0 Å². The number of aliphatic hydroxyl groups is 1. The Balaban J connectivity index is 1.84. The number of aliphatic hydroxyl groups excluding tert-OH is 1. The summed E-state index contributed by atoms with van der Waals surface area (Å²) in [7, 11) is 0. The van der Waals surface area contributed by atoms with Crippen molar-refractivity contribution in [2.24, 2.45) is 0 Å². The number of anilines is 1. The van der Waals surface area contributed by atoms with E-state index in [0.29, 0.717) is 10.8 Å². The minimum atomic E-state index is -0.704. The normalized spacial score (nSPS) is 12.1. The Bertz CT molecular complexity index is 1060. The molecule has 1 atom stereocenters. The van der Waals surface area contributed by atoms with Crippen LogP contribution in [0.25, 0.3) is 28.2 Å². The molecular formula is C19H17ClN6O. The van der Waals surface area contributed by atoms with Gasteiger partial charge in [0.25, 0.3) is 0 Å². The van der Waals surface area contributed by atoms with Crippen LogP contribution in [0.1, 0.15) is 6.92 Å². The molecule has 0 spiro atoms. The maximum atomic E-state index is 9.52. The summed E-state index contributed by atoms with van der Waals surface area (Å²) in [4.78, 5) is 4.21. The van der Waals surface area contributed by atoms with Gasteiger partial charge in [-0.25, -0.2) is 9.67 Å². The van der Waals surface area contributed by atoms with Crippen molar-refractivity contribution in [1.82, 2.24) is 25.0 Å². The van der Waals surface area contributed by atoms with Crippen LogP contribution >= 0.6 is 11.6 Å². The standard InChI is InChI=1S/C19H17ClN6O/c1-12(27)23-18-10-13(6-8-21-18)26-11-15(17-7-9-22-24-17)19(25-26)14-4-2-3-5-16(14)20/h2-12,27H,1H3,(H,21,23)(H,22,24). The zero-order chi connectivity index (χ0) is 18.8. The van der Waals surface area contributed by atoms with Gasteiger partial charge in [0.15, 0.2) is 0 Å². The molecule has 0 amide bonds. The van der Waals surface area contributed by atoms with Gasteiger partial charge in [-0.05, 0) is 25.1 Å². The molecule has 1 unspecified atom stereocenters. The molecule has 4 aromatic rings. The molecule has 0 aliphatic rings. The highest BCUT2D eigenvalue weighted by atomic mass is 35.5. The Labute approximate surface area is 160 Å². The molecule has 0 aliphatic heterocycles. The molecule has 0 bridgehead atoms. The fourth-order valence-corrected chi connectivity index (χ4v) is 3.04. The third-order valence-corrected chi connectivity index (χ3v) is 4.33. The molecular weight excluding hydrogens is 364 g/mol. The van der Waals surface area contributed by atoms with Gasteiger partial charge in [-0.3, -0.25) is 5.10 Å². The average molecular weight is 381 g/mol. The summed E-state index contributed by atoms with van der Waals surface area (Å²) < 4.78 is 1.75. The molecule has 4 rings (SSSR count). The predicted octanol–water partition coefficient (Wildman–Crippen LogP) is 3.73. The summed E-state index contributed by atoms with van der Waals surface area (Å²) in [6.45, 7) is 1.63. The number of hydrogen-bond acceptors (Lipinski definition) is 5. The first-order valence-electron chi connectivity index (χ1n) is 8.37. The second kappa shape index (κ2) is 7.22. The van der Waals surface area contributed by atoms with Crippen LogP contribution in [0.3, 0.4) is 0 Å². The molecule has 0 saturated heterocycles. The molecule has 136 valence electrons. The maximum Gasteiger partial charge on any atom is 0.130 e. The predicted molar refractivity (Wildman–Crippen MR) is 105 cm³/mol. The smallest absolute Gasteiger partial charge is 0.130 e. The molecule has 7 nitrogen and oxygen atoms in total. The van der Waals surface area contributed by atoms with Crippen molar-refractivity contribution in [3.63, 3.8) is 0 Å². The van der Waals surface area contributed by atoms with E-state index in [4.69, 9.17) is 16.7 Å². The minimum Gasteiger partial charge on any atom is -0.374 e. The van der Waals surface area contributed by atoms with Crippen LogP contribution < -0.4 is 5.32 Å². The minimum absolute atomic E-state index is 0.556. The van der Waals surface area contributed by atoms with Crippen molar-refractivity contribution < 1.29 is 5.11 Å². The van der Waals surface area contributed by atoms with Gasteiger partial charge in [-0.2, -0.15) is 10.2 Å². The molecule has 3 aromatic heterocycles. The largest absolute Gasteiger partial charge is 0.374 e. The first-order chi connectivity index (χ1) is 13.1. The third-order valence-electron chi connectivity index (χ3n) is 4.00. The average Bonchev–Trinajstić information content (AvgIpc) is 3.31. The molecule has 27 heavy (non-hydrogen) atoms. The summed E-state index contributed by atoms with van der Waals surface area (Å²) in [6.07, 6.45) is 4.56. The highest BCUT2D eigenvalue weighted by Crippen LogP contribution is 2.34. The van der Waals surface area contributed by atoms with Crippen molar-refractivity contribution in [3.8, 4) is 28.2 Å². The highest BCUT2D eigenvalue weighted by Gasteiger charge is 2.17. The van der Waals surface area contributed by atoms with Crippen LogP contribution in [0.4, 0.5) is 5.82 Å². The lowest BCUT2D eigenvalue weighted by molar-refractivity contribution is 0.224. The molecule has 0 radical (unpaired) electrons. The first-order valence-corrected chi connectivity index (χ1v) is 8.75. The lowest BCUT2D eigenvalue weighted by Crippen LogP contribution is -2.14. The highest BCUT2D eigenvalue weighted by molar-refractivity contribution is 6.33.